The van der Waals surface area contributed by atoms with E-state index >= 15 is 0 Å². The number of nitrogens with zero attached hydrogens (tertiary/aromatic N) is 1. The molecule has 0 amide bonds. The van der Waals surface area contributed by atoms with Gasteiger partial charge in [0.1, 0.15) is 11.4 Å². The van der Waals surface area contributed by atoms with Crippen LogP contribution in [0.1, 0.15) is 34.5 Å². The standard InChI is InChI=1S/C15H16N2O3/c1-20-14-7-6-10(9-4-2-3-5-11(9)14)12-8-13(15(18)19)17-16-12/h6-8H,2-5H2,1H3,(H,16,17)(H,18,19). The van der Waals surface area contributed by atoms with Crippen molar-refractivity contribution in [1.82, 2.24) is 10.2 Å². The van der Waals surface area contributed by atoms with Crippen molar-refractivity contribution >= 4 is 5.97 Å². The van der Waals surface area contributed by atoms with E-state index in [2.05, 4.69) is 10.2 Å². The van der Waals surface area contributed by atoms with Gasteiger partial charge in [-0.15, -0.1) is 0 Å². The van der Waals surface area contributed by atoms with Gasteiger partial charge in [-0.25, -0.2) is 4.79 Å². The molecule has 1 aliphatic carbocycles. The summed E-state index contributed by atoms with van der Waals surface area (Å²) in [6, 6.07) is 5.48. The molecule has 1 heterocycles. The second kappa shape index (κ2) is 5.00. The molecule has 0 aliphatic heterocycles. The molecule has 0 fully saturated rings. The fourth-order valence-corrected chi connectivity index (χ4v) is 2.84. The lowest BCUT2D eigenvalue weighted by Gasteiger charge is -2.21. The van der Waals surface area contributed by atoms with E-state index < -0.39 is 5.97 Å². The Morgan fingerprint density at radius 2 is 2.05 bits per heavy atom. The van der Waals surface area contributed by atoms with Gasteiger partial charge in [-0.3, -0.25) is 5.10 Å². The minimum absolute atomic E-state index is 0.111. The largest absolute Gasteiger partial charge is 0.496 e. The number of H-pyrrole nitrogens is 1. The summed E-state index contributed by atoms with van der Waals surface area (Å²) in [5.74, 6) is -0.0800. The monoisotopic (exact) mass is 272 g/mol. The summed E-state index contributed by atoms with van der Waals surface area (Å²) in [5, 5.41) is 15.7. The Labute approximate surface area is 116 Å². The van der Waals surface area contributed by atoms with Crippen molar-refractivity contribution in [2.24, 2.45) is 0 Å². The molecule has 0 saturated heterocycles. The summed E-state index contributed by atoms with van der Waals surface area (Å²) in [4.78, 5) is 10.9. The number of carbonyl (C=O) groups is 1. The molecule has 0 bridgehead atoms. The van der Waals surface area contributed by atoms with Crippen molar-refractivity contribution in [1.29, 1.82) is 0 Å². The van der Waals surface area contributed by atoms with Crippen LogP contribution in [0.3, 0.4) is 0 Å². The Kier molecular flexibility index (Phi) is 3.18. The van der Waals surface area contributed by atoms with E-state index in [1.807, 2.05) is 12.1 Å². The molecule has 0 saturated carbocycles. The van der Waals surface area contributed by atoms with Gasteiger partial charge in [0.15, 0.2) is 0 Å². The van der Waals surface area contributed by atoms with E-state index in [4.69, 9.17) is 9.84 Å². The molecule has 20 heavy (non-hydrogen) atoms. The van der Waals surface area contributed by atoms with E-state index in [1.165, 1.54) is 11.1 Å². The van der Waals surface area contributed by atoms with Crippen molar-refractivity contribution in [3.8, 4) is 17.0 Å². The van der Waals surface area contributed by atoms with Gasteiger partial charge in [-0.05, 0) is 55.0 Å². The van der Waals surface area contributed by atoms with E-state index in [0.29, 0.717) is 5.69 Å². The zero-order chi connectivity index (χ0) is 14.1. The number of fused-ring (bicyclic) bond motifs is 1. The smallest absolute Gasteiger partial charge is 0.353 e. The number of methoxy groups -OCH3 is 1. The molecule has 1 aliphatic rings. The fourth-order valence-electron chi connectivity index (χ4n) is 2.84. The minimum atomic E-state index is -0.994. The molecule has 1 aromatic heterocycles. The number of rotatable bonds is 3. The number of hydrogen-bond acceptors (Lipinski definition) is 3. The first kappa shape index (κ1) is 12.7. The van der Waals surface area contributed by atoms with Crippen LogP contribution in [-0.2, 0) is 12.8 Å². The lowest BCUT2D eigenvalue weighted by atomic mass is 9.86. The van der Waals surface area contributed by atoms with Crippen LogP contribution in [0.5, 0.6) is 5.75 Å². The molecule has 0 unspecified atom stereocenters. The number of hydrogen-bond donors (Lipinski definition) is 2. The third-order valence-corrected chi connectivity index (χ3v) is 3.80. The molecule has 5 nitrogen and oxygen atoms in total. The van der Waals surface area contributed by atoms with Crippen LogP contribution in [-0.4, -0.2) is 28.4 Å². The predicted molar refractivity (Wildman–Crippen MR) is 74.2 cm³/mol. The zero-order valence-corrected chi connectivity index (χ0v) is 11.3. The van der Waals surface area contributed by atoms with E-state index in [-0.39, 0.29) is 5.69 Å². The number of carboxylic acids is 1. The third kappa shape index (κ3) is 2.05. The number of nitrogens with one attached hydrogen (secondary N) is 1. The Morgan fingerprint density at radius 1 is 1.30 bits per heavy atom. The normalized spacial score (nSPS) is 13.8. The van der Waals surface area contributed by atoms with Gasteiger partial charge in [0.25, 0.3) is 0 Å². The molecule has 0 radical (unpaired) electrons. The maximum absolute atomic E-state index is 10.9. The predicted octanol–water partition coefficient (Wildman–Crippen LogP) is 2.66. The van der Waals surface area contributed by atoms with Gasteiger partial charge in [0.2, 0.25) is 0 Å². The average molecular weight is 272 g/mol. The molecule has 3 rings (SSSR count). The Hall–Kier alpha value is -2.30. The highest BCUT2D eigenvalue weighted by Gasteiger charge is 2.20. The maximum Gasteiger partial charge on any atom is 0.353 e. The molecule has 104 valence electrons. The Bertz CT molecular complexity index is 661. The van der Waals surface area contributed by atoms with Gasteiger partial charge in [0, 0.05) is 5.56 Å². The van der Waals surface area contributed by atoms with Gasteiger partial charge in [0.05, 0.1) is 12.8 Å². The van der Waals surface area contributed by atoms with E-state index in [9.17, 15) is 4.79 Å². The third-order valence-electron chi connectivity index (χ3n) is 3.80. The van der Waals surface area contributed by atoms with Crippen molar-refractivity contribution in [3.63, 3.8) is 0 Å². The van der Waals surface area contributed by atoms with Crippen LogP contribution in [0.2, 0.25) is 0 Å². The minimum Gasteiger partial charge on any atom is -0.496 e. The van der Waals surface area contributed by atoms with Crippen LogP contribution in [0.15, 0.2) is 18.2 Å². The summed E-state index contributed by atoms with van der Waals surface area (Å²) < 4.78 is 5.42. The number of aromatic amines is 1. The van der Waals surface area contributed by atoms with Crippen molar-refractivity contribution in [3.05, 3.63) is 35.0 Å². The summed E-state index contributed by atoms with van der Waals surface area (Å²) in [5.41, 5.74) is 4.27. The van der Waals surface area contributed by atoms with Crippen molar-refractivity contribution < 1.29 is 14.6 Å². The fraction of sp³-hybridized carbons (Fsp3) is 0.333. The van der Waals surface area contributed by atoms with Crippen molar-refractivity contribution in [2.45, 2.75) is 25.7 Å². The number of benzene rings is 1. The first-order valence-corrected chi connectivity index (χ1v) is 6.68. The van der Waals surface area contributed by atoms with E-state index in [0.717, 1.165) is 37.0 Å². The summed E-state index contributed by atoms with van der Waals surface area (Å²) in [7, 11) is 1.68. The SMILES string of the molecule is COc1ccc(-c2cc(C(=O)O)[nH]n2)c2c1CCCC2. The molecule has 2 aromatic rings. The maximum atomic E-state index is 10.9. The molecule has 0 spiro atoms. The van der Waals surface area contributed by atoms with Crippen LogP contribution in [0, 0.1) is 0 Å². The van der Waals surface area contributed by atoms with Gasteiger partial charge < -0.3 is 9.84 Å². The van der Waals surface area contributed by atoms with Crippen LogP contribution in [0.4, 0.5) is 0 Å². The highest BCUT2D eigenvalue weighted by Crippen LogP contribution is 2.36. The van der Waals surface area contributed by atoms with Crippen LogP contribution < -0.4 is 4.74 Å². The highest BCUT2D eigenvalue weighted by atomic mass is 16.5. The molecular formula is C15H16N2O3. The highest BCUT2D eigenvalue weighted by molar-refractivity contribution is 5.87. The van der Waals surface area contributed by atoms with Crippen molar-refractivity contribution in [2.75, 3.05) is 7.11 Å². The first-order valence-electron chi connectivity index (χ1n) is 6.68. The van der Waals surface area contributed by atoms with Gasteiger partial charge >= 0.3 is 5.97 Å². The summed E-state index contributed by atoms with van der Waals surface area (Å²) >= 11 is 0. The van der Waals surface area contributed by atoms with E-state index in [1.54, 1.807) is 13.2 Å². The molecule has 1 aromatic carbocycles. The molecule has 5 heteroatoms. The second-order valence-corrected chi connectivity index (χ2v) is 4.95. The second-order valence-electron chi connectivity index (χ2n) is 4.95. The lowest BCUT2D eigenvalue weighted by Crippen LogP contribution is -2.07. The van der Waals surface area contributed by atoms with Gasteiger partial charge in [-0.2, -0.15) is 5.10 Å². The van der Waals surface area contributed by atoms with Crippen LogP contribution >= 0.6 is 0 Å². The number of ether oxygens (including phenoxy) is 1. The zero-order valence-electron chi connectivity index (χ0n) is 11.3. The van der Waals surface area contributed by atoms with Gasteiger partial charge in [-0.1, -0.05) is 0 Å². The topological polar surface area (TPSA) is 75.2 Å². The summed E-state index contributed by atoms with van der Waals surface area (Å²) in [6.07, 6.45) is 4.29. The average Bonchev–Trinajstić information content (AvgIpc) is 2.96. The first-order chi connectivity index (χ1) is 9.70. The number of aromatic carboxylic acids is 1. The number of aromatic nitrogens is 2. The molecular weight excluding hydrogens is 256 g/mol. The van der Waals surface area contributed by atoms with Crippen LogP contribution in [0.25, 0.3) is 11.3 Å². The number of carboxylic acid groups (broad SMARTS) is 1. The quantitative estimate of drug-likeness (QED) is 0.900. The Morgan fingerprint density at radius 3 is 2.70 bits per heavy atom. The summed E-state index contributed by atoms with van der Waals surface area (Å²) in [6.45, 7) is 0. The molecule has 2 N–H and O–H groups in total. The Balaban J connectivity index is 2.11. The molecule has 0 atom stereocenters. The lowest BCUT2D eigenvalue weighted by molar-refractivity contribution is 0.0690.